The van der Waals surface area contributed by atoms with Gasteiger partial charge in [-0.3, -0.25) is 0 Å². The lowest BCUT2D eigenvalue weighted by Gasteiger charge is -2.05. The zero-order chi connectivity index (χ0) is 13.1. The van der Waals surface area contributed by atoms with E-state index in [2.05, 4.69) is 44.3 Å². The molecule has 0 amide bonds. The fraction of sp³-hybridized carbons (Fsp3) is 0.500. The molecule has 1 aromatic carbocycles. The van der Waals surface area contributed by atoms with Crippen molar-refractivity contribution in [2.45, 2.75) is 46.1 Å². The van der Waals surface area contributed by atoms with E-state index in [1.807, 2.05) is 7.05 Å². The maximum Gasteiger partial charge on any atom is 0.138 e. The van der Waals surface area contributed by atoms with E-state index in [-0.39, 0.29) is 0 Å². The van der Waals surface area contributed by atoms with Gasteiger partial charge in [-0.1, -0.05) is 45.4 Å². The highest BCUT2D eigenvalue weighted by Crippen LogP contribution is 2.32. The monoisotopic (exact) mass is 245 g/mol. The fourth-order valence-electron chi connectivity index (χ4n) is 2.52. The SMILES string of the molecule is CCCc1c(CNC)oc2c(C(C)C)cccc12. The molecule has 2 heteroatoms. The summed E-state index contributed by atoms with van der Waals surface area (Å²) in [6, 6.07) is 6.51. The Kier molecular flexibility index (Phi) is 4.07. The molecule has 1 heterocycles. The molecule has 0 spiro atoms. The average Bonchev–Trinajstić information content (AvgIpc) is 2.68. The summed E-state index contributed by atoms with van der Waals surface area (Å²) in [4.78, 5) is 0. The number of hydrogen-bond donors (Lipinski definition) is 1. The lowest BCUT2D eigenvalue weighted by Crippen LogP contribution is -2.05. The van der Waals surface area contributed by atoms with Crippen LogP contribution in [0.3, 0.4) is 0 Å². The molecule has 0 atom stereocenters. The maximum atomic E-state index is 6.12. The van der Waals surface area contributed by atoms with Crippen molar-refractivity contribution >= 4 is 11.0 Å². The zero-order valence-electron chi connectivity index (χ0n) is 11.8. The Bertz CT molecular complexity index is 525. The predicted octanol–water partition coefficient (Wildman–Crippen LogP) is 4.23. The molecule has 0 saturated carbocycles. The normalized spacial score (nSPS) is 11.6. The maximum absolute atomic E-state index is 6.12. The molecule has 98 valence electrons. The highest BCUT2D eigenvalue weighted by atomic mass is 16.3. The number of hydrogen-bond acceptors (Lipinski definition) is 2. The fourth-order valence-corrected chi connectivity index (χ4v) is 2.52. The van der Waals surface area contributed by atoms with Gasteiger partial charge in [0.1, 0.15) is 11.3 Å². The van der Waals surface area contributed by atoms with E-state index in [0.29, 0.717) is 5.92 Å². The molecule has 2 aromatic rings. The van der Waals surface area contributed by atoms with Crippen LogP contribution in [0.5, 0.6) is 0 Å². The molecule has 18 heavy (non-hydrogen) atoms. The summed E-state index contributed by atoms with van der Waals surface area (Å²) < 4.78 is 6.12. The van der Waals surface area contributed by atoms with Gasteiger partial charge < -0.3 is 9.73 Å². The standard InChI is InChI=1S/C16H23NO/c1-5-7-13-14-9-6-8-12(11(2)3)16(14)18-15(13)10-17-4/h6,8-9,11,17H,5,7,10H2,1-4H3. The first kappa shape index (κ1) is 13.2. The molecule has 0 saturated heterocycles. The first-order valence-electron chi connectivity index (χ1n) is 6.86. The number of aryl methyl sites for hydroxylation is 1. The van der Waals surface area contributed by atoms with Crippen molar-refractivity contribution in [2.75, 3.05) is 7.05 Å². The van der Waals surface area contributed by atoms with Gasteiger partial charge in [0.15, 0.2) is 0 Å². The quantitative estimate of drug-likeness (QED) is 0.852. The summed E-state index contributed by atoms with van der Waals surface area (Å²) in [5.74, 6) is 1.60. The molecule has 0 aliphatic rings. The molecule has 2 nitrogen and oxygen atoms in total. The van der Waals surface area contributed by atoms with Crippen LogP contribution in [0.15, 0.2) is 22.6 Å². The molecular formula is C16H23NO. The van der Waals surface area contributed by atoms with Crippen molar-refractivity contribution < 1.29 is 4.42 Å². The number of para-hydroxylation sites is 1. The number of rotatable bonds is 5. The second kappa shape index (κ2) is 5.57. The smallest absolute Gasteiger partial charge is 0.138 e. The second-order valence-corrected chi connectivity index (χ2v) is 5.16. The number of fused-ring (bicyclic) bond motifs is 1. The van der Waals surface area contributed by atoms with Crippen LogP contribution in [-0.2, 0) is 13.0 Å². The van der Waals surface area contributed by atoms with Crippen LogP contribution in [-0.4, -0.2) is 7.05 Å². The predicted molar refractivity (Wildman–Crippen MR) is 77.1 cm³/mol. The Morgan fingerprint density at radius 3 is 2.67 bits per heavy atom. The third-order valence-electron chi connectivity index (χ3n) is 3.39. The molecular weight excluding hydrogens is 222 g/mol. The average molecular weight is 245 g/mol. The molecule has 0 fully saturated rings. The first-order valence-corrected chi connectivity index (χ1v) is 6.86. The molecule has 0 aliphatic heterocycles. The minimum atomic E-state index is 0.497. The van der Waals surface area contributed by atoms with Crippen molar-refractivity contribution in [3.63, 3.8) is 0 Å². The topological polar surface area (TPSA) is 25.2 Å². The van der Waals surface area contributed by atoms with Gasteiger partial charge in [-0.15, -0.1) is 0 Å². The van der Waals surface area contributed by atoms with E-state index in [9.17, 15) is 0 Å². The number of benzene rings is 1. The third-order valence-corrected chi connectivity index (χ3v) is 3.39. The van der Waals surface area contributed by atoms with Crippen molar-refractivity contribution in [3.8, 4) is 0 Å². The molecule has 0 bridgehead atoms. The minimum Gasteiger partial charge on any atom is -0.459 e. The van der Waals surface area contributed by atoms with E-state index in [1.165, 1.54) is 16.5 Å². The van der Waals surface area contributed by atoms with Crippen molar-refractivity contribution in [1.29, 1.82) is 0 Å². The summed E-state index contributed by atoms with van der Waals surface area (Å²) in [5.41, 5.74) is 3.78. The highest BCUT2D eigenvalue weighted by Gasteiger charge is 2.16. The van der Waals surface area contributed by atoms with Gasteiger partial charge in [0.25, 0.3) is 0 Å². The van der Waals surface area contributed by atoms with E-state index >= 15 is 0 Å². The minimum absolute atomic E-state index is 0.497. The molecule has 2 rings (SSSR count). The highest BCUT2D eigenvalue weighted by molar-refractivity contribution is 5.85. The largest absolute Gasteiger partial charge is 0.459 e. The molecule has 1 N–H and O–H groups in total. The number of nitrogens with one attached hydrogen (secondary N) is 1. The van der Waals surface area contributed by atoms with Gasteiger partial charge >= 0.3 is 0 Å². The third kappa shape index (κ3) is 2.30. The van der Waals surface area contributed by atoms with Crippen molar-refractivity contribution in [1.82, 2.24) is 5.32 Å². The van der Waals surface area contributed by atoms with Gasteiger partial charge in [-0.2, -0.15) is 0 Å². The molecule has 0 unspecified atom stereocenters. The Morgan fingerprint density at radius 2 is 2.06 bits per heavy atom. The second-order valence-electron chi connectivity index (χ2n) is 5.16. The van der Waals surface area contributed by atoms with Crippen LogP contribution < -0.4 is 5.32 Å². The summed E-state index contributed by atoms with van der Waals surface area (Å²) in [7, 11) is 1.96. The summed E-state index contributed by atoms with van der Waals surface area (Å²) in [6.07, 6.45) is 2.24. The molecule has 0 radical (unpaired) electrons. The summed E-state index contributed by atoms with van der Waals surface area (Å²) >= 11 is 0. The summed E-state index contributed by atoms with van der Waals surface area (Å²) in [6.45, 7) is 7.46. The lowest BCUT2D eigenvalue weighted by molar-refractivity contribution is 0.519. The van der Waals surface area contributed by atoms with Gasteiger partial charge in [-0.25, -0.2) is 0 Å². The van der Waals surface area contributed by atoms with Crippen LogP contribution >= 0.6 is 0 Å². The van der Waals surface area contributed by atoms with Crippen LogP contribution in [0.25, 0.3) is 11.0 Å². The first-order chi connectivity index (χ1) is 8.69. The Balaban J connectivity index is 2.63. The van der Waals surface area contributed by atoms with Crippen LogP contribution in [0.1, 0.15) is 50.0 Å². The molecule has 0 aliphatic carbocycles. The van der Waals surface area contributed by atoms with Crippen molar-refractivity contribution in [2.24, 2.45) is 0 Å². The van der Waals surface area contributed by atoms with Gasteiger partial charge in [-0.05, 0) is 24.9 Å². The van der Waals surface area contributed by atoms with E-state index in [4.69, 9.17) is 4.42 Å². The Hall–Kier alpha value is -1.28. The van der Waals surface area contributed by atoms with Crippen LogP contribution in [0.4, 0.5) is 0 Å². The van der Waals surface area contributed by atoms with E-state index < -0.39 is 0 Å². The van der Waals surface area contributed by atoms with Crippen LogP contribution in [0.2, 0.25) is 0 Å². The Labute approximate surface area is 109 Å². The Morgan fingerprint density at radius 1 is 1.28 bits per heavy atom. The van der Waals surface area contributed by atoms with E-state index in [1.54, 1.807) is 0 Å². The summed E-state index contributed by atoms with van der Waals surface area (Å²) in [5, 5.41) is 4.50. The van der Waals surface area contributed by atoms with Gasteiger partial charge in [0.2, 0.25) is 0 Å². The van der Waals surface area contributed by atoms with Gasteiger partial charge in [0, 0.05) is 10.9 Å². The van der Waals surface area contributed by atoms with Crippen molar-refractivity contribution in [3.05, 3.63) is 35.1 Å². The van der Waals surface area contributed by atoms with E-state index in [0.717, 1.165) is 30.7 Å². The van der Waals surface area contributed by atoms with Gasteiger partial charge in [0.05, 0.1) is 6.54 Å². The zero-order valence-corrected chi connectivity index (χ0v) is 11.8. The molecule has 1 aromatic heterocycles. The lowest BCUT2D eigenvalue weighted by atomic mass is 9.98. The van der Waals surface area contributed by atoms with Crippen LogP contribution in [0, 0.1) is 0 Å². The number of furan rings is 1.